The van der Waals surface area contributed by atoms with E-state index >= 15 is 0 Å². The van der Waals surface area contributed by atoms with Gasteiger partial charge in [0.25, 0.3) is 5.91 Å². The first kappa shape index (κ1) is 31.6. The molecule has 0 saturated carbocycles. The predicted octanol–water partition coefficient (Wildman–Crippen LogP) is 8.17. The van der Waals surface area contributed by atoms with Crippen molar-refractivity contribution in [3.8, 4) is 17.0 Å². The third kappa shape index (κ3) is 6.50. The number of carboxylic acids is 1. The molecule has 0 amide bonds. The minimum absolute atomic E-state index is 0.0316. The third-order valence-electron chi connectivity index (χ3n) is 6.68. The highest BCUT2D eigenvalue weighted by Crippen LogP contribution is 2.39. The lowest BCUT2D eigenvalue weighted by atomic mass is 10.0. The summed E-state index contributed by atoms with van der Waals surface area (Å²) in [7, 11) is 0. The van der Waals surface area contributed by atoms with Crippen LogP contribution in [0.5, 0.6) is 5.75 Å². The Kier molecular flexibility index (Phi) is 8.85. The normalized spacial score (nSPS) is 11.4. The zero-order valence-corrected chi connectivity index (χ0v) is 24.7. The molecule has 0 unspecified atom stereocenters. The van der Waals surface area contributed by atoms with Gasteiger partial charge >= 0.3 is 18.1 Å². The van der Waals surface area contributed by atoms with Crippen LogP contribution in [0.2, 0.25) is 10.0 Å². The van der Waals surface area contributed by atoms with Gasteiger partial charge in [0.15, 0.2) is 0 Å². The number of benzene rings is 4. The quantitative estimate of drug-likeness (QED) is 0.168. The van der Waals surface area contributed by atoms with Gasteiger partial charge in [-0.05, 0) is 73.2 Å². The van der Waals surface area contributed by atoms with Gasteiger partial charge in [-0.25, -0.2) is 9.59 Å². The Morgan fingerprint density at radius 2 is 1.69 bits per heavy atom. The fourth-order valence-corrected chi connectivity index (χ4v) is 5.09. The van der Waals surface area contributed by atoms with Gasteiger partial charge in [0.1, 0.15) is 18.1 Å². The summed E-state index contributed by atoms with van der Waals surface area (Å²) in [6.45, 7) is 1.75. The largest absolute Gasteiger partial charge is 0.488 e. The smallest absolute Gasteiger partial charge is 0.417 e. The van der Waals surface area contributed by atoms with Gasteiger partial charge in [-0.2, -0.15) is 23.0 Å². The zero-order valence-electron chi connectivity index (χ0n) is 23.2. The molecule has 13 heteroatoms. The van der Waals surface area contributed by atoms with Crippen molar-refractivity contribution in [3.05, 3.63) is 117 Å². The third-order valence-corrected chi connectivity index (χ3v) is 7.23. The molecule has 5 aromatic rings. The molecular formula is C32H21Cl2F3N2O6. The highest BCUT2D eigenvalue weighted by Gasteiger charge is 2.37. The van der Waals surface area contributed by atoms with E-state index < -0.39 is 40.2 Å². The van der Waals surface area contributed by atoms with Crippen LogP contribution in [0.1, 0.15) is 49.1 Å². The molecule has 1 heterocycles. The number of carbonyl (C=O) groups excluding carboxylic acids is 2. The first-order valence-electron chi connectivity index (χ1n) is 13.2. The lowest BCUT2D eigenvalue weighted by Crippen LogP contribution is -2.20. The molecule has 0 bridgehead atoms. The molecule has 0 spiro atoms. The summed E-state index contributed by atoms with van der Waals surface area (Å²) in [5.41, 5.74) is -0.909. The Morgan fingerprint density at radius 3 is 2.40 bits per heavy atom. The second-order valence-corrected chi connectivity index (χ2v) is 10.5. The van der Waals surface area contributed by atoms with Crippen LogP contribution in [0.25, 0.3) is 22.2 Å². The zero-order chi connectivity index (χ0) is 32.5. The minimum atomic E-state index is -4.89. The molecule has 1 aromatic heterocycles. The van der Waals surface area contributed by atoms with Crippen molar-refractivity contribution in [2.75, 3.05) is 6.61 Å². The van der Waals surface area contributed by atoms with Crippen LogP contribution < -0.4 is 4.74 Å². The van der Waals surface area contributed by atoms with Crippen molar-refractivity contribution < 1.29 is 42.1 Å². The lowest BCUT2D eigenvalue weighted by molar-refractivity contribution is -0.137. The first-order chi connectivity index (χ1) is 21.4. The van der Waals surface area contributed by atoms with E-state index in [0.717, 1.165) is 16.8 Å². The van der Waals surface area contributed by atoms with Crippen molar-refractivity contribution in [2.45, 2.75) is 19.7 Å². The van der Waals surface area contributed by atoms with Crippen molar-refractivity contribution in [1.82, 2.24) is 9.78 Å². The van der Waals surface area contributed by atoms with Crippen LogP contribution in [-0.4, -0.2) is 39.3 Å². The van der Waals surface area contributed by atoms with Crippen LogP contribution in [0.15, 0.2) is 78.9 Å². The maximum atomic E-state index is 13.9. The number of rotatable bonds is 8. The molecule has 45 heavy (non-hydrogen) atoms. The molecule has 0 radical (unpaired) electrons. The topological polar surface area (TPSA) is 108 Å². The number of hydrogen-bond donors (Lipinski definition) is 1. The van der Waals surface area contributed by atoms with E-state index in [0.29, 0.717) is 5.56 Å². The number of aromatic nitrogens is 2. The molecule has 0 aliphatic carbocycles. The van der Waals surface area contributed by atoms with Crippen LogP contribution >= 0.6 is 23.2 Å². The van der Waals surface area contributed by atoms with E-state index in [1.807, 2.05) is 0 Å². The van der Waals surface area contributed by atoms with Crippen LogP contribution in [0, 0.1) is 0 Å². The van der Waals surface area contributed by atoms with Gasteiger partial charge < -0.3 is 14.6 Å². The van der Waals surface area contributed by atoms with Crippen molar-refractivity contribution in [3.63, 3.8) is 0 Å². The van der Waals surface area contributed by atoms with Crippen molar-refractivity contribution in [1.29, 1.82) is 0 Å². The second kappa shape index (κ2) is 12.6. The number of nitrogens with zero attached hydrogens (tertiary/aromatic N) is 2. The van der Waals surface area contributed by atoms with Gasteiger partial charge in [-0.15, -0.1) is 0 Å². The summed E-state index contributed by atoms with van der Waals surface area (Å²) in [6.07, 6.45) is -4.89. The number of carbonyl (C=O) groups is 3. The average Bonchev–Trinajstić information content (AvgIpc) is 3.37. The van der Waals surface area contributed by atoms with E-state index in [-0.39, 0.29) is 57.3 Å². The molecule has 4 aromatic carbocycles. The van der Waals surface area contributed by atoms with E-state index in [2.05, 4.69) is 5.10 Å². The fraction of sp³-hybridized carbons (Fsp3) is 0.125. The van der Waals surface area contributed by atoms with Crippen LogP contribution in [0.4, 0.5) is 13.2 Å². The van der Waals surface area contributed by atoms with Crippen molar-refractivity contribution in [2.24, 2.45) is 0 Å². The number of aromatic carboxylic acids is 1. The van der Waals surface area contributed by atoms with Gasteiger partial charge in [0.05, 0.1) is 39.4 Å². The molecule has 0 aliphatic rings. The van der Waals surface area contributed by atoms with Gasteiger partial charge in [0.2, 0.25) is 0 Å². The average molecular weight is 657 g/mol. The number of halogens is 5. The Balaban J connectivity index is 1.63. The maximum absolute atomic E-state index is 13.9. The summed E-state index contributed by atoms with van der Waals surface area (Å²) in [5.74, 6) is -2.89. The summed E-state index contributed by atoms with van der Waals surface area (Å²) in [6, 6.07) is 17.7. The number of alkyl halides is 3. The Bertz CT molecular complexity index is 1970. The lowest BCUT2D eigenvalue weighted by Gasteiger charge is -2.14. The highest BCUT2D eigenvalue weighted by molar-refractivity contribution is 6.34. The van der Waals surface area contributed by atoms with Crippen molar-refractivity contribution >= 4 is 52.0 Å². The summed E-state index contributed by atoms with van der Waals surface area (Å²) in [5, 5.41) is 14.1. The number of fused-ring (bicyclic) bond motifs is 1. The monoisotopic (exact) mass is 656 g/mol. The number of hydrogen-bond acceptors (Lipinski definition) is 6. The standard InChI is InChI=1S/C32H21Cl2F3N2O6/c1-2-44-31(43)19-6-3-5-17(13-19)16-45-26-14-18(30(41)42)9-11-21(26)28-22-15-20(33)10-12-25(22)39(38-28)29(40)27-23(32(35,36)37)7-4-8-24(27)34/h3-15H,2,16H2,1H3,(H,41,42). The van der Waals surface area contributed by atoms with E-state index in [1.165, 1.54) is 42.5 Å². The maximum Gasteiger partial charge on any atom is 0.417 e. The highest BCUT2D eigenvalue weighted by atomic mass is 35.5. The van der Waals surface area contributed by atoms with Gasteiger partial charge in [-0.3, -0.25) is 4.79 Å². The van der Waals surface area contributed by atoms with E-state index in [9.17, 15) is 32.7 Å². The number of carboxylic acid groups (broad SMARTS) is 1. The Labute approximate surface area is 263 Å². The molecule has 0 fully saturated rings. The van der Waals surface area contributed by atoms with Gasteiger partial charge in [0, 0.05) is 16.0 Å². The molecule has 0 atom stereocenters. The number of ether oxygens (including phenoxy) is 2. The van der Waals surface area contributed by atoms with E-state index in [1.54, 1.807) is 31.2 Å². The molecule has 0 saturated heterocycles. The van der Waals surface area contributed by atoms with Crippen LogP contribution in [-0.2, 0) is 17.5 Å². The molecule has 0 aliphatic heterocycles. The minimum Gasteiger partial charge on any atom is -0.488 e. The molecule has 5 rings (SSSR count). The molecule has 230 valence electrons. The van der Waals surface area contributed by atoms with Gasteiger partial charge in [-0.1, -0.05) is 41.4 Å². The molecular weight excluding hydrogens is 636 g/mol. The SMILES string of the molecule is CCOC(=O)c1cccc(COc2cc(C(=O)O)ccc2-c2nn(C(=O)c3c(Cl)cccc3C(F)(F)F)c3ccc(Cl)cc23)c1. The van der Waals surface area contributed by atoms with E-state index in [4.69, 9.17) is 32.7 Å². The predicted molar refractivity (Wildman–Crippen MR) is 160 cm³/mol. The Hall–Kier alpha value is -4.87. The number of esters is 1. The first-order valence-corrected chi connectivity index (χ1v) is 14.0. The van der Waals surface area contributed by atoms with Crippen LogP contribution in [0.3, 0.4) is 0 Å². The summed E-state index contributed by atoms with van der Waals surface area (Å²) >= 11 is 12.4. The fourth-order valence-electron chi connectivity index (χ4n) is 4.66. The second-order valence-electron chi connectivity index (χ2n) is 9.61. The summed E-state index contributed by atoms with van der Waals surface area (Å²) in [4.78, 5) is 37.7. The molecule has 1 N–H and O–H groups in total. The molecule has 8 nitrogen and oxygen atoms in total. The summed E-state index contributed by atoms with van der Waals surface area (Å²) < 4.78 is 53.5. The Morgan fingerprint density at radius 1 is 0.933 bits per heavy atom.